The van der Waals surface area contributed by atoms with E-state index in [4.69, 9.17) is 30.0 Å². The molecule has 0 bridgehead atoms. The molecular weight excluding hydrogens is 725 g/mol. The van der Waals surface area contributed by atoms with Crippen LogP contribution in [-0.2, 0) is 39.6 Å². The van der Waals surface area contributed by atoms with Gasteiger partial charge in [-0.15, -0.1) is 0 Å². The molecule has 0 aliphatic rings. The van der Waals surface area contributed by atoms with E-state index in [9.17, 15) is 9.59 Å². The molecule has 0 fully saturated rings. The van der Waals surface area contributed by atoms with E-state index < -0.39 is 59.0 Å². The van der Waals surface area contributed by atoms with E-state index in [1.807, 2.05) is 0 Å². The van der Waals surface area contributed by atoms with Crippen LogP contribution in [0.4, 0.5) is 0 Å². The number of esters is 2. The van der Waals surface area contributed by atoms with Gasteiger partial charge in [-0.05, 0) is 143 Å². The van der Waals surface area contributed by atoms with E-state index in [1.165, 1.54) is 0 Å². The van der Waals surface area contributed by atoms with Crippen LogP contribution in [0.15, 0.2) is 24.3 Å². The Kier molecular flexibility index (Phi) is 19.4. The minimum Gasteiger partial charge on any atom is -0.462 e. The fraction of sp³-hybridized carbons (Fsp3) is 0.812. The largest absolute Gasteiger partial charge is 0.462 e. The van der Waals surface area contributed by atoms with Crippen LogP contribution in [0.5, 0.6) is 0 Å². The molecule has 0 saturated heterocycles. The third-order valence-corrected chi connectivity index (χ3v) is 34.6. The molecule has 0 spiro atoms. The minimum absolute atomic E-state index is 0.314. The molecule has 0 N–H and O–H groups in total. The third kappa shape index (κ3) is 23.3. The lowest BCUT2D eigenvalue weighted by molar-refractivity contribution is -0.139. The van der Waals surface area contributed by atoms with Gasteiger partial charge in [-0.2, -0.15) is 0 Å². The first-order chi connectivity index (χ1) is 21.4. The molecule has 0 heterocycles. The summed E-state index contributed by atoms with van der Waals surface area (Å²) in [6.45, 7) is 42.6. The van der Waals surface area contributed by atoms with Crippen molar-refractivity contribution < 1.29 is 39.6 Å². The van der Waals surface area contributed by atoms with Gasteiger partial charge >= 0.3 is 37.6 Å². The van der Waals surface area contributed by atoms with Gasteiger partial charge in [-0.1, -0.05) is 26.0 Å². The van der Waals surface area contributed by atoms with Crippen LogP contribution in [0.2, 0.25) is 116 Å². The van der Waals surface area contributed by atoms with Gasteiger partial charge in [0, 0.05) is 11.1 Å². The smallest absolute Gasteiger partial charge is 0.333 e. The molecule has 0 saturated carbocycles. The molecule has 0 atom stereocenters. The van der Waals surface area contributed by atoms with Gasteiger partial charge in [0.2, 0.25) is 0 Å². The van der Waals surface area contributed by atoms with Crippen LogP contribution in [-0.4, -0.2) is 84.1 Å². The van der Waals surface area contributed by atoms with Crippen LogP contribution in [0.3, 0.4) is 0 Å². The Morgan fingerprint density at radius 1 is 0.417 bits per heavy atom. The SMILES string of the molecule is C=C(C)C(=O)OCCCC[Si](C)(C)O[Si](C)(C)CC[Si](C)(C)O[Si](C)(C)O[Si](C)(C)O[Si](C)(C)O[Si](C)(C)CCCCOC(=O)C(=C)C. The molecule has 0 aromatic rings. The van der Waals surface area contributed by atoms with Crippen molar-refractivity contribution in [3.05, 3.63) is 24.3 Å². The number of ether oxygens (including phenoxy) is 2. The summed E-state index contributed by atoms with van der Waals surface area (Å²) in [6, 6.07) is 4.12. The summed E-state index contributed by atoms with van der Waals surface area (Å²) in [5, 5.41) is 0. The first-order valence-corrected chi connectivity index (χ1v) is 38.5. The molecular formula is C32H72O9Si7. The Balaban J connectivity index is 4.95. The molecule has 282 valence electrons. The van der Waals surface area contributed by atoms with E-state index >= 15 is 0 Å². The van der Waals surface area contributed by atoms with E-state index in [-0.39, 0.29) is 11.9 Å². The zero-order chi connectivity index (χ0) is 37.8. The third-order valence-electron chi connectivity index (χ3n) is 7.42. The van der Waals surface area contributed by atoms with Gasteiger partial charge in [0.15, 0.2) is 33.3 Å². The topological polar surface area (TPSA) is 98.8 Å². The molecule has 0 aromatic carbocycles. The first kappa shape index (κ1) is 47.7. The molecule has 0 amide bonds. The summed E-state index contributed by atoms with van der Waals surface area (Å²) >= 11 is 0. The van der Waals surface area contributed by atoms with E-state index in [1.54, 1.807) is 13.8 Å². The van der Waals surface area contributed by atoms with Crippen LogP contribution in [0, 0.1) is 0 Å². The molecule has 0 aliphatic carbocycles. The summed E-state index contributed by atoms with van der Waals surface area (Å²) in [6.07, 6.45) is 3.59. The average Bonchev–Trinajstić information content (AvgIpc) is 2.83. The fourth-order valence-corrected chi connectivity index (χ4v) is 42.4. The minimum atomic E-state index is -2.55. The van der Waals surface area contributed by atoms with E-state index in [0.717, 1.165) is 49.9 Å². The Morgan fingerprint density at radius 3 is 1.02 bits per heavy atom. The number of unbranched alkanes of at least 4 members (excludes halogenated alkanes) is 2. The van der Waals surface area contributed by atoms with E-state index in [2.05, 4.69) is 105 Å². The molecule has 0 aliphatic heterocycles. The van der Waals surface area contributed by atoms with Gasteiger partial charge in [-0.3, -0.25) is 0 Å². The van der Waals surface area contributed by atoms with Crippen molar-refractivity contribution in [3.63, 3.8) is 0 Å². The van der Waals surface area contributed by atoms with Gasteiger partial charge < -0.3 is 30.0 Å². The first-order valence-electron chi connectivity index (χ1n) is 17.6. The summed E-state index contributed by atoms with van der Waals surface area (Å²) in [5.74, 6) is -0.644. The van der Waals surface area contributed by atoms with Crippen molar-refractivity contribution in [1.29, 1.82) is 0 Å². The van der Waals surface area contributed by atoms with Crippen molar-refractivity contribution in [2.75, 3.05) is 13.2 Å². The maximum Gasteiger partial charge on any atom is 0.333 e. The van der Waals surface area contributed by atoms with Crippen LogP contribution < -0.4 is 0 Å². The Bertz CT molecular complexity index is 1070. The normalized spacial score (nSPS) is 13.8. The van der Waals surface area contributed by atoms with Gasteiger partial charge in [-0.25, -0.2) is 9.59 Å². The highest BCUT2D eigenvalue weighted by atomic mass is 28.5. The monoisotopic (exact) mass is 796 g/mol. The van der Waals surface area contributed by atoms with Crippen molar-refractivity contribution in [3.8, 4) is 0 Å². The molecule has 0 aromatic heterocycles. The predicted molar refractivity (Wildman–Crippen MR) is 217 cm³/mol. The fourth-order valence-electron chi connectivity index (χ4n) is 6.01. The molecule has 0 rings (SSSR count). The van der Waals surface area contributed by atoms with Crippen LogP contribution >= 0.6 is 0 Å². The number of carbonyl (C=O) groups excluding carboxylic acids is 2. The van der Waals surface area contributed by atoms with Crippen molar-refractivity contribution in [1.82, 2.24) is 0 Å². The second-order valence-corrected chi connectivity index (χ2v) is 45.6. The standard InChI is InChI=1S/C32H72O9Si7/c1-29(2)31(33)35-23-19-21-25-42(5,6)37-44(9,10)27-28-45(11,12)39-47(15,16)41-48(17,18)40-46(13,14)38-43(7,8)26-22-20-24-36-32(34)30(3)4/h1,3,19-28H2,2,4-18H3. The van der Waals surface area contributed by atoms with Crippen molar-refractivity contribution in [2.24, 2.45) is 0 Å². The van der Waals surface area contributed by atoms with Gasteiger partial charge in [0.1, 0.15) is 0 Å². The molecule has 16 heteroatoms. The molecule has 0 radical (unpaired) electrons. The molecule has 9 nitrogen and oxygen atoms in total. The van der Waals surface area contributed by atoms with Crippen molar-refractivity contribution >= 4 is 70.9 Å². The van der Waals surface area contributed by atoms with Gasteiger partial charge in [0.05, 0.1) is 13.2 Å². The summed E-state index contributed by atoms with van der Waals surface area (Å²) in [7, 11) is -15.3. The zero-order valence-electron chi connectivity index (χ0n) is 33.7. The predicted octanol–water partition coefficient (Wildman–Crippen LogP) is 9.79. The summed E-state index contributed by atoms with van der Waals surface area (Å²) in [4.78, 5) is 23.2. The number of hydrogen-bond acceptors (Lipinski definition) is 9. The highest BCUT2D eigenvalue weighted by molar-refractivity contribution is 6.91. The van der Waals surface area contributed by atoms with Crippen molar-refractivity contribution in [2.45, 2.75) is 155 Å². The second-order valence-electron chi connectivity index (χ2n) is 17.0. The Morgan fingerprint density at radius 2 is 0.688 bits per heavy atom. The molecule has 0 unspecified atom stereocenters. The Hall–Kier alpha value is -0.262. The average molecular weight is 798 g/mol. The lowest BCUT2D eigenvalue weighted by Crippen LogP contribution is -2.58. The highest BCUT2D eigenvalue weighted by Crippen LogP contribution is 2.31. The van der Waals surface area contributed by atoms with E-state index in [0.29, 0.717) is 24.4 Å². The maximum atomic E-state index is 11.6. The number of rotatable bonds is 25. The summed E-state index contributed by atoms with van der Waals surface area (Å²) < 4.78 is 44.6. The molecule has 48 heavy (non-hydrogen) atoms. The Labute approximate surface area is 302 Å². The van der Waals surface area contributed by atoms with Crippen LogP contribution in [0.1, 0.15) is 39.5 Å². The van der Waals surface area contributed by atoms with Crippen LogP contribution in [0.25, 0.3) is 0 Å². The second kappa shape index (κ2) is 19.5. The number of carbonyl (C=O) groups is 2. The zero-order valence-corrected chi connectivity index (χ0v) is 40.7. The lowest BCUT2D eigenvalue weighted by atomic mass is 10.3. The highest BCUT2D eigenvalue weighted by Gasteiger charge is 2.46. The maximum absolute atomic E-state index is 11.6. The lowest BCUT2D eigenvalue weighted by Gasteiger charge is -2.43. The van der Waals surface area contributed by atoms with Gasteiger partial charge in [0.25, 0.3) is 0 Å². The summed E-state index contributed by atoms with van der Waals surface area (Å²) in [5.41, 5.74) is 0.868. The number of hydrogen-bond donors (Lipinski definition) is 0. The quantitative estimate of drug-likeness (QED) is 0.0387.